The Morgan fingerprint density at radius 3 is 2.22 bits per heavy atom. The molecule has 0 unspecified atom stereocenters. The molecule has 3 rings (SSSR count). The Kier molecular flexibility index (Phi) is 3.65. The second-order valence-corrected chi connectivity index (χ2v) is 5.01. The predicted molar refractivity (Wildman–Crippen MR) is 78.4 cm³/mol. The van der Waals surface area contributed by atoms with Crippen LogP contribution in [0.2, 0.25) is 0 Å². The fraction of sp³-hybridized carbons (Fsp3) is 0.118. The number of halogens is 1. The first-order chi connectivity index (χ1) is 11.0. The largest absolute Gasteiger partial charge is 0.465 e. The van der Waals surface area contributed by atoms with Crippen LogP contribution in [0.3, 0.4) is 0 Å². The van der Waals surface area contributed by atoms with Crippen molar-refractivity contribution in [2.45, 2.75) is 6.54 Å². The number of methoxy groups -OCH3 is 1. The van der Waals surface area contributed by atoms with E-state index < -0.39 is 23.6 Å². The molecule has 1 aliphatic rings. The third kappa shape index (κ3) is 2.38. The molecule has 0 saturated heterocycles. The maximum absolute atomic E-state index is 13.9. The fourth-order valence-electron chi connectivity index (χ4n) is 2.58. The van der Waals surface area contributed by atoms with Crippen LogP contribution in [0.25, 0.3) is 0 Å². The molecule has 23 heavy (non-hydrogen) atoms. The normalized spacial score (nSPS) is 13.2. The van der Waals surface area contributed by atoms with Crippen molar-refractivity contribution in [2.24, 2.45) is 0 Å². The highest BCUT2D eigenvalue weighted by molar-refractivity contribution is 6.21. The average Bonchev–Trinajstić information content (AvgIpc) is 2.80. The summed E-state index contributed by atoms with van der Waals surface area (Å²) >= 11 is 0. The smallest absolute Gasteiger partial charge is 0.341 e. The van der Waals surface area contributed by atoms with E-state index in [1.807, 2.05) is 0 Å². The molecular formula is C17H12FNO4. The summed E-state index contributed by atoms with van der Waals surface area (Å²) in [6.07, 6.45) is 0. The van der Waals surface area contributed by atoms with Crippen molar-refractivity contribution in [3.63, 3.8) is 0 Å². The third-order valence-electron chi connectivity index (χ3n) is 3.70. The SMILES string of the molecule is COC(=O)c1c(F)cccc1CN1C(=O)c2ccccc2C1=O. The molecule has 1 heterocycles. The Morgan fingerprint density at radius 1 is 1.04 bits per heavy atom. The number of imide groups is 1. The van der Waals surface area contributed by atoms with Crippen LogP contribution in [-0.2, 0) is 11.3 Å². The van der Waals surface area contributed by atoms with Crippen LogP contribution in [0.5, 0.6) is 0 Å². The Bertz CT molecular complexity index is 796. The predicted octanol–water partition coefficient (Wildman–Crippen LogP) is 2.41. The molecule has 5 nitrogen and oxygen atoms in total. The first-order valence-electron chi connectivity index (χ1n) is 6.85. The lowest BCUT2D eigenvalue weighted by Gasteiger charge is -2.16. The van der Waals surface area contributed by atoms with Crippen molar-refractivity contribution < 1.29 is 23.5 Å². The number of esters is 1. The van der Waals surface area contributed by atoms with Crippen LogP contribution in [0.1, 0.15) is 36.6 Å². The minimum atomic E-state index is -0.852. The van der Waals surface area contributed by atoms with Gasteiger partial charge in [-0.2, -0.15) is 0 Å². The van der Waals surface area contributed by atoms with Crippen LogP contribution in [0.15, 0.2) is 42.5 Å². The van der Waals surface area contributed by atoms with Crippen LogP contribution >= 0.6 is 0 Å². The molecule has 0 fully saturated rings. The summed E-state index contributed by atoms with van der Waals surface area (Å²) in [5.74, 6) is -2.54. The van der Waals surface area contributed by atoms with Gasteiger partial charge in [0, 0.05) is 0 Å². The van der Waals surface area contributed by atoms with E-state index in [1.54, 1.807) is 24.3 Å². The minimum Gasteiger partial charge on any atom is -0.465 e. The van der Waals surface area contributed by atoms with Gasteiger partial charge in [-0.1, -0.05) is 24.3 Å². The average molecular weight is 313 g/mol. The molecule has 0 radical (unpaired) electrons. The highest BCUT2D eigenvalue weighted by atomic mass is 19.1. The maximum Gasteiger partial charge on any atom is 0.341 e. The lowest BCUT2D eigenvalue weighted by molar-refractivity contribution is 0.0578. The molecule has 0 atom stereocenters. The van der Waals surface area contributed by atoms with E-state index in [4.69, 9.17) is 0 Å². The van der Waals surface area contributed by atoms with Gasteiger partial charge in [0.25, 0.3) is 11.8 Å². The number of ether oxygens (including phenoxy) is 1. The standard InChI is InChI=1S/C17H12FNO4/c1-23-17(22)14-10(5-4-8-13(14)18)9-19-15(20)11-6-2-3-7-12(11)16(19)21/h2-8H,9H2,1H3. The highest BCUT2D eigenvalue weighted by Gasteiger charge is 2.36. The van der Waals surface area contributed by atoms with Crippen molar-refractivity contribution in [2.75, 3.05) is 7.11 Å². The van der Waals surface area contributed by atoms with Crippen LogP contribution in [0.4, 0.5) is 4.39 Å². The van der Waals surface area contributed by atoms with Gasteiger partial charge in [0.2, 0.25) is 0 Å². The van der Waals surface area contributed by atoms with Gasteiger partial charge in [-0.25, -0.2) is 9.18 Å². The zero-order valence-electron chi connectivity index (χ0n) is 12.2. The lowest BCUT2D eigenvalue weighted by atomic mass is 10.1. The van der Waals surface area contributed by atoms with Gasteiger partial charge < -0.3 is 4.74 Å². The lowest BCUT2D eigenvalue weighted by Crippen LogP contribution is -2.30. The summed E-state index contributed by atoms with van der Waals surface area (Å²) in [7, 11) is 1.14. The molecular weight excluding hydrogens is 301 g/mol. The molecule has 0 spiro atoms. The Labute approximate surface area is 131 Å². The van der Waals surface area contributed by atoms with E-state index in [0.717, 1.165) is 18.1 Å². The van der Waals surface area contributed by atoms with Crippen molar-refractivity contribution >= 4 is 17.8 Å². The van der Waals surface area contributed by atoms with E-state index in [-0.39, 0.29) is 17.7 Å². The maximum atomic E-state index is 13.9. The molecule has 2 aromatic rings. The molecule has 0 N–H and O–H groups in total. The van der Waals surface area contributed by atoms with E-state index in [2.05, 4.69) is 4.74 Å². The number of hydrogen-bond acceptors (Lipinski definition) is 4. The zero-order chi connectivity index (χ0) is 16.6. The summed E-state index contributed by atoms with van der Waals surface area (Å²) in [4.78, 5) is 37.4. The Balaban J connectivity index is 1.99. The monoisotopic (exact) mass is 313 g/mol. The van der Waals surface area contributed by atoms with Gasteiger partial charge in [0.1, 0.15) is 11.4 Å². The second kappa shape index (κ2) is 5.64. The van der Waals surface area contributed by atoms with Gasteiger partial charge >= 0.3 is 5.97 Å². The molecule has 0 aliphatic carbocycles. The summed E-state index contributed by atoms with van der Waals surface area (Å²) in [6.45, 7) is -0.200. The van der Waals surface area contributed by atoms with Gasteiger partial charge in [-0.3, -0.25) is 14.5 Å². The molecule has 0 saturated carbocycles. The van der Waals surface area contributed by atoms with Gasteiger partial charge in [-0.05, 0) is 23.8 Å². The zero-order valence-corrected chi connectivity index (χ0v) is 12.2. The molecule has 2 amide bonds. The molecule has 0 aromatic heterocycles. The number of fused-ring (bicyclic) bond motifs is 1. The van der Waals surface area contributed by atoms with Crippen molar-refractivity contribution in [3.8, 4) is 0 Å². The molecule has 1 aliphatic heterocycles. The highest BCUT2D eigenvalue weighted by Crippen LogP contribution is 2.26. The molecule has 2 aromatic carbocycles. The minimum absolute atomic E-state index is 0.200. The Morgan fingerprint density at radius 2 is 1.65 bits per heavy atom. The van der Waals surface area contributed by atoms with Gasteiger partial charge in [-0.15, -0.1) is 0 Å². The summed E-state index contributed by atoms with van der Waals surface area (Å²) < 4.78 is 18.5. The second-order valence-electron chi connectivity index (χ2n) is 5.01. The summed E-state index contributed by atoms with van der Waals surface area (Å²) in [5, 5.41) is 0. The Hall–Kier alpha value is -3.02. The van der Waals surface area contributed by atoms with Crippen LogP contribution in [0, 0.1) is 5.82 Å². The number of carbonyl (C=O) groups excluding carboxylic acids is 3. The quantitative estimate of drug-likeness (QED) is 0.645. The van der Waals surface area contributed by atoms with E-state index >= 15 is 0 Å². The first kappa shape index (κ1) is 14.9. The number of amides is 2. The summed E-state index contributed by atoms with van der Waals surface area (Å²) in [5.41, 5.74) is 0.542. The van der Waals surface area contributed by atoms with Crippen LogP contribution in [-0.4, -0.2) is 29.8 Å². The number of carbonyl (C=O) groups is 3. The molecule has 0 bridgehead atoms. The number of hydrogen-bond donors (Lipinski definition) is 0. The van der Waals surface area contributed by atoms with Crippen molar-refractivity contribution in [1.82, 2.24) is 4.90 Å². The summed E-state index contributed by atoms with van der Waals surface area (Å²) in [6, 6.07) is 10.5. The topological polar surface area (TPSA) is 63.7 Å². The van der Waals surface area contributed by atoms with Gasteiger partial charge in [0.15, 0.2) is 0 Å². The van der Waals surface area contributed by atoms with E-state index in [9.17, 15) is 18.8 Å². The number of nitrogens with zero attached hydrogens (tertiary/aromatic N) is 1. The van der Waals surface area contributed by atoms with Crippen molar-refractivity contribution in [3.05, 3.63) is 70.5 Å². The van der Waals surface area contributed by atoms with Crippen molar-refractivity contribution in [1.29, 1.82) is 0 Å². The first-order valence-corrected chi connectivity index (χ1v) is 6.85. The fourth-order valence-corrected chi connectivity index (χ4v) is 2.58. The van der Waals surface area contributed by atoms with Crippen LogP contribution < -0.4 is 0 Å². The van der Waals surface area contributed by atoms with Gasteiger partial charge in [0.05, 0.1) is 24.8 Å². The van der Waals surface area contributed by atoms with E-state index in [0.29, 0.717) is 11.1 Å². The molecule has 6 heteroatoms. The number of rotatable bonds is 3. The third-order valence-corrected chi connectivity index (χ3v) is 3.70. The molecule has 116 valence electrons. The van der Waals surface area contributed by atoms with E-state index in [1.165, 1.54) is 12.1 Å². The number of benzene rings is 2.